The van der Waals surface area contributed by atoms with Gasteiger partial charge in [0.1, 0.15) is 5.76 Å². The van der Waals surface area contributed by atoms with Crippen molar-refractivity contribution >= 4 is 22.1 Å². The first kappa shape index (κ1) is 15.7. The second-order valence-corrected chi connectivity index (χ2v) is 7.31. The lowest BCUT2D eigenvalue weighted by Crippen LogP contribution is -2.01. The molecule has 1 atom stereocenters. The minimum atomic E-state index is -1.08. The second kappa shape index (κ2) is 6.90. The van der Waals surface area contributed by atoms with Crippen LogP contribution in [0.3, 0.4) is 0 Å². The van der Waals surface area contributed by atoms with Gasteiger partial charge in [-0.15, -0.1) is 0 Å². The molecule has 0 fully saturated rings. The predicted molar refractivity (Wildman–Crippen MR) is 91.3 cm³/mol. The van der Waals surface area contributed by atoms with E-state index in [2.05, 4.69) is 11.1 Å². The molecule has 0 saturated carbocycles. The zero-order chi connectivity index (χ0) is 16.2. The van der Waals surface area contributed by atoms with Crippen LogP contribution in [0.4, 0.5) is 0 Å². The Morgan fingerprint density at radius 2 is 2.04 bits per heavy atom. The van der Waals surface area contributed by atoms with Crippen LogP contribution in [0.2, 0.25) is 0 Å². The summed E-state index contributed by atoms with van der Waals surface area (Å²) in [5.41, 5.74) is 3.23. The smallest absolute Gasteiger partial charge is 0.227 e. The molecule has 0 spiro atoms. The number of aromatic nitrogens is 1. The Kier molecular flexibility index (Phi) is 4.70. The van der Waals surface area contributed by atoms with E-state index < -0.39 is 10.8 Å². The standard InChI is InChI=1S/C17H14N2O2S2/c1-12-16(19-17(21-12)15-6-7-22-9-15)11-23(20)10-14-4-2-13(8-18)3-5-14/h2-7,9H,10-11H2,1H3. The van der Waals surface area contributed by atoms with E-state index >= 15 is 0 Å². The van der Waals surface area contributed by atoms with Gasteiger partial charge in [0.05, 0.1) is 23.1 Å². The number of rotatable bonds is 5. The van der Waals surface area contributed by atoms with Crippen LogP contribution < -0.4 is 0 Å². The third kappa shape index (κ3) is 3.76. The van der Waals surface area contributed by atoms with Crippen LogP contribution in [0, 0.1) is 18.3 Å². The molecule has 0 aliphatic carbocycles. The van der Waals surface area contributed by atoms with E-state index in [0.29, 0.717) is 28.7 Å². The van der Waals surface area contributed by atoms with Crippen molar-refractivity contribution in [2.45, 2.75) is 18.4 Å². The van der Waals surface area contributed by atoms with Crippen LogP contribution in [-0.4, -0.2) is 9.19 Å². The normalized spacial score (nSPS) is 12.0. The molecule has 3 aromatic rings. The average Bonchev–Trinajstić information content (AvgIpc) is 3.18. The Balaban J connectivity index is 1.69. The molecule has 0 saturated heterocycles. The Labute approximate surface area is 140 Å². The molecule has 0 bridgehead atoms. The van der Waals surface area contributed by atoms with E-state index in [4.69, 9.17) is 9.68 Å². The van der Waals surface area contributed by atoms with Gasteiger partial charge >= 0.3 is 0 Å². The summed E-state index contributed by atoms with van der Waals surface area (Å²) in [6.45, 7) is 1.84. The van der Waals surface area contributed by atoms with E-state index in [1.807, 2.05) is 35.9 Å². The van der Waals surface area contributed by atoms with Gasteiger partial charge in [-0.3, -0.25) is 4.21 Å². The number of thiophene rings is 1. The van der Waals surface area contributed by atoms with Crippen LogP contribution >= 0.6 is 11.3 Å². The number of aryl methyl sites for hydroxylation is 1. The third-order valence-corrected chi connectivity index (χ3v) is 5.30. The Morgan fingerprint density at radius 3 is 2.70 bits per heavy atom. The van der Waals surface area contributed by atoms with Crippen LogP contribution in [0.25, 0.3) is 11.5 Å². The summed E-state index contributed by atoms with van der Waals surface area (Å²) in [5, 5.41) is 12.7. The summed E-state index contributed by atoms with van der Waals surface area (Å²) in [6, 6.07) is 11.2. The fourth-order valence-electron chi connectivity index (χ4n) is 2.14. The number of hydrogen-bond acceptors (Lipinski definition) is 5. The van der Waals surface area contributed by atoms with Gasteiger partial charge in [-0.2, -0.15) is 16.6 Å². The number of nitriles is 1. The maximum atomic E-state index is 12.4. The van der Waals surface area contributed by atoms with Crippen molar-refractivity contribution in [3.8, 4) is 17.5 Å². The van der Waals surface area contributed by atoms with Crippen molar-refractivity contribution in [1.29, 1.82) is 5.26 Å². The van der Waals surface area contributed by atoms with Crippen molar-refractivity contribution in [3.05, 3.63) is 63.7 Å². The van der Waals surface area contributed by atoms with Gasteiger partial charge in [0, 0.05) is 27.5 Å². The highest BCUT2D eigenvalue weighted by molar-refractivity contribution is 7.83. The highest BCUT2D eigenvalue weighted by Gasteiger charge is 2.14. The summed E-state index contributed by atoms with van der Waals surface area (Å²) in [6.07, 6.45) is 0. The predicted octanol–water partition coefficient (Wildman–Crippen LogP) is 4.03. The SMILES string of the molecule is Cc1oc(-c2ccsc2)nc1CS(=O)Cc1ccc(C#N)cc1. The summed E-state index contributed by atoms with van der Waals surface area (Å²) in [5.74, 6) is 2.08. The second-order valence-electron chi connectivity index (χ2n) is 5.07. The van der Waals surface area contributed by atoms with Gasteiger partial charge in [-0.1, -0.05) is 12.1 Å². The number of nitrogens with zero attached hydrogens (tertiary/aromatic N) is 2. The number of benzene rings is 1. The molecule has 1 unspecified atom stereocenters. The van der Waals surface area contributed by atoms with E-state index in [1.165, 1.54) is 0 Å². The number of oxazole rings is 1. The lowest BCUT2D eigenvalue weighted by Gasteiger charge is -2.01. The minimum absolute atomic E-state index is 0.361. The first-order valence-electron chi connectivity index (χ1n) is 6.98. The molecular weight excluding hydrogens is 328 g/mol. The largest absolute Gasteiger partial charge is 0.441 e. The Hall–Kier alpha value is -2.23. The quantitative estimate of drug-likeness (QED) is 0.702. The molecule has 0 radical (unpaired) electrons. The molecule has 3 rings (SSSR count). The molecule has 0 aliphatic heterocycles. The molecular formula is C17H14N2O2S2. The molecule has 0 amide bonds. The fraction of sp³-hybridized carbons (Fsp3) is 0.176. The van der Waals surface area contributed by atoms with Crippen LogP contribution in [-0.2, 0) is 22.3 Å². The fourth-order valence-corrected chi connectivity index (χ4v) is 4.01. The third-order valence-electron chi connectivity index (χ3n) is 3.37. The van der Waals surface area contributed by atoms with Crippen molar-refractivity contribution in [1.82, 2.24) is 4.98 Å². The van der Waals surface area contributed by atoms with Gasteiger partial charge in [0.25, 0.3) is 0 Å². The molecule has 2 aromatic heterocycles. The Morgan fingerprint density at radius 1 is 1.26 bits per heavy atom. The van der Waals surface area contributed by atoms with E-state index in [-0.39, 0.29) is 0 Å². The van der Waals surface area contributed by atoms with Crippen LogP contribution in [0.15, 0.2) is 45.5 Å². The maximum absolute atomic E-state index is 12.4. The van der Waals surface area contributed by atoms with E-state index in [1.54, 1.807) is 23.5 Å². The Bertz CT molecular complexity index is 859. The van der Waals surface area contributed by atoms with Gasteiger partial charge in [0.2, 0.25) is 5.89 Å². The first-order chi connectivity index (χ1) is 11.2. The topological polar surface area (TPSA) is 66.9 Å². The zero-order valence-corrected chi connectivity index (χ0v) is 14.1. The molecule has 0 aliphatic rings. The van der Waals surface area contributed by atoms with Gasteiger partial charge in [-0.25, -0.2) is 4.98 Å². The molecule has 116 valence electrons. The van der Waals surface area contributed by atoms with E-state index in [0.717, 1.165) is 16.8 Å². The van der Waals surface area contributed by atoms with Gasteiger partial charge < -0.3 is 4.42 Å². The molecule has 1 aromatic carbocycles. The van der Waals surface area contributed by atoms with Gasteiger partial charge in [-0.05, 0) is 36.1 Å². The molecule has 0 N–H and O–H groups in total. The molecule has 23 heavy (non-hydrogen) atoms. The molecule has 2 heterocycles. The van der Waals surface area contributed by atoms with Crippen LogP contribution in [0.1, 0.15) is 22.6 Å². The molecule has 6 heteroatoms. The monoisotopic (exact) mass is 342 g/mol. The van der Waals surface area contributed by atoms with Crippen molar-refractivity contribution < 1.29 is 8.63 Å². The molecule has 4 nitrogen and oxygen atoms in total. The highest BCUT2D eigenvalue weighted by Crippen LogP contribution is 2.24. The average molecular weight is 342 g/mol. The summed E-state index contributed by atoms with van der Waals surface area (Å²) < 4.78 is 18.0. The summed E-state index contributed by atoms with van der Waals surface area (Å²) in [4.78, 5) is 4.47. The van der Waals surface area contributed by atoms with Gasteiger partial charge in [0.15, 0.2) is 0 Å². The highest BCUT2D eigenvalue weighted by atomic mass is 32.2. The first-order valence-corrected chi connectivity index (χ1v) is 9.41. The van der Waals surface area contributed by atoms with Crippen molar-refractivity contribution in [2.24, 2.45) is 0 Å². The van der Waals surface area contributed by atoms with E-state index in [9.17, 15) is 4.21 Å². The summed E-state index contributed by atoms with van der Waals surface area (Å²) >= 11 is 1.59. The maximum Gasteiger partial charge on any atom is 0.227 e. The van der Waals surface area contributed by atoms with Crippen molar-refractivity contribution in [2.75, 3.05) is 0 Å². The lowest BCUT2D eigenvalue weighted by molar-refractivity contribution is 0.540. The van der Waals surface area contributed by atoms with Crippen LogP contribution in [0.5, 0.6) is 0 Å². The zero-order valence-electron chi connectivity index (χ0n) is 12.5. The number of hydrogen-bond donors (Lipinski definition) is 0. The lowest BCUT2D eigenvalue weighted by atomic mass is 10.2. The minimum Gasteiger partial charge on any atom is -0.441 e. The summed E-state index contributed by atoms with van der Waals surface area (Å²) in [7, 11) is -1.08. The van der Waals surface area contributed by atoms with Crippen molar-refractivity contribution in [3.63, 3.8) is 0 Å².